The van der Waals surface area contributed by atoms with E-state index < -0.39 is 35.3 Å². The molecule has 2 unspecified atom stereocenters. The molecule has 0 spiro atoms. The maximum atomic E-state index is 15.4. The molecular weight excluding hydrogens is 537 g/mol. The molecule has 7 rings (SSSR count). The largest absolute Gasteiger partial charge is 0.434 e. The van der Waals surface area contributed by atoms with Crippen LogP contribution in [0.25, 0.3) is 16.9 Å². The minimum atomic E-state index is -3.08. The lowest BCUT2D eigenvalue weighted by Crippen LogP contribution is -2.54. The number of alkyl halides is 2. The lowest BCUT2D eigenvalue weighted by molar-refractivity contribution is -0.0505. The van der Waals surface area contributed by atoms with E-state index >= 15 is 4.39 Å². The summed E-state index contributed by atoms with van der Waals surface area (Å²) in [6.45, 7) is -1.25. The molecule has 2 bridgehead atoms. The number of benzene rings is 1. The highest BCUT2D eigenvalue weighted by atomic mass is 19.3. The van der Waals surface area contributed by atoms with Crippen LogP contribution in [0.2, 0.25) is 0 Å². The number of carbonyl (C=O) groups is 1. The van der Waals surface area contributed by atoms with Gasteiger partial charge in [0.05, 0.1) is 35.0 Å². The Morgan fingerprint density at radius 1 is 1.22 bits per heavy atom. The monoisotopic (exact) mass is 560 g/mol. The Morgan fingerprint density at radius 2 is 1.95 bits per heavy atom. The van der Waals surface area contributed by atoms with Crippen LogP contribution < -0.4 is 10.5 Å². The van der Waals surface area contributed by atoms with Crippen molar-refractivity contribution >= 4 is 11.6 Å². The predicted octanol–water partition coefficient (Wildman–Crippen LogP) is 4.07. The van der Waals surface area contributed by atoms with Crippen LogP contribution in [0.3, 0.4) is 0 Å². The first-order valence-corrected chi connectivity index (χ1v) is 13.0. The average Bonchev–Trinajstić information content (AvgIpc) is 3.44. The Labute approximate surface area is 231 Å². The van der Waals surface area contributed by atoms with Gasteiger partial charge in [0.2, 0.25) is 0 Å². The Bertz CT molecular complexity index is 1790. The van der Waals surface area contributed by atoms with Crippen LogP contribution in [0.1, 0.15) is 71.1 Å². The zero-order chi connectivity index (χ0) is 28.8. The van der Waals surface area contributed by atoms with Gasteiger partial charge >= 0.3 is 6.61 Å². The maximum Gasteiger partial charge on any atom is 0.387 e. The number of amides is 1. The van der Waals surface area contributed by atoms with Crippen molar-refractivity contribution in [3.8, 4) is 23.1 Å². The van der Waals surface area contributed by atoms with E-state index in [-0.39, 0.29) is 22.9 Å². The number of ether oxygens (including phenoxy) is 1. The van der Waals surface area contributed by atoms with Gasteiger partial charge in [0.1, 0.15) is 17.3 Å². The van der Waals surface area contributed by atoms with Crippen LogP contribution in [-0.2, 0) is 5.54 Å². The van der Waals surface area contributed by atoms with Crippen LogP contribution in [0, 0.1) is 22.6 Å². The third kappa shape index (κ3) is 3.63. The van der Waals surface area contributed by atoms with E-state index in [4.69, 9.17) is 10.5 Å². The Kier molecular flexibility index (Phi) is 5.25. The molecular formula is C28H23F3N8O2. The van der Waals surface area contributed by atoms with Gasteiger partial charge in [-0.1, -0.05) is 6.07 Å². The number of carbonyl (C=O) groups excluding carboxylic acids is 1. The van der Waals surface area contributed by atoms with Gasteiger partial charge < -0.3 is 15.4 Å². The van der Waals surface area contributed by atoms with Gasteiger partial charge in [0, 0.05) is 47.6 Å². The molecule has 2 atom stereocenters. The highest BCUT2D eigenvalue weighted by molar-refractivity contribution is 5.98. The van der Waals surface area contributed by atoms with Gasteiger partial charge in [-0.15, -0.1) is 0 Å². The molecule has 1 saturated carbocycles. The second-order valence-electron chi connectivity index (χ2n) is 11.3. The van der Waals surface area contributed by atoms with Gasteiger partial charge in [-0.05, 0) is 38.3 Å². The van der Waals surface area contributed by atoms with Gasteiger partial charge in [0.15, 0.2) is 11.5 Å². The number of nitrogens with zero attached hydrogens (tertiary/aromatic N) is 7. The minimum absolute atomic E-state index is 0.0191. The zero-order valence-electron chi connectivity index (χ0n) is 22.0. The number of hydrogen-bond donors (Lipinski definition) is 1. The maximum absolute atomic E-state index is 15.4. The van der Waals surface area contributed by atoms with Gasteiger partial charge in [0.25, 0.3) is 5.91 Å². The molecule has 41 heavy (non-hydrogen) atoms. The van der Waals surface area contributed by atoms with Crippen molar-refractivity contribution in [2.75, 3.05) is 7.05 Å². The van der Waals surface area contributed by atoms with Crippen molar-refractivity contribution in [2.24, 2.45) is 11.1 Å². The fourth-order valence-electron chi connectivity index (χ4n) is 6.73. The lowest BCUT2D eigenvalue weighted by Gasteiger charge is -2.47. The number of hydrogen-bond acceptors (Lipinski definition) is 8. The fourth-order valence-corrected chi connectivity index (χ4v) is 6.73. The molecule has 2 aliphatic carbocycles. The number of fused-ring (bicyclic) bond motifs is 9. The summed E-state index contributed by atoms with van der Waals surface area (Å²) in [4.78, 5) is 28.2. The van der Waals surface area contributed by atoms with E-state index in [9.17, 15) is 18.8 Å². The van der Waals surface area contributed by atoms with Crippen molar-refractivity contribution in [3.05, 3.63) is 70.8 Å². The SMILES string of the molecule is CN1C(=O)c2cccc(OC(F)F)c2C2CC1c1nn3cc(F)c(-c4cnc(C5(N)CC(C)(C#N)C5)nc4)nc3c12. The topological polar surface area (TPSA) is 135 Å². The molecule has 3 aliphatic rings. The summed E-state index contributed by atoms with van der Waals surface area (Å²) >= 11 is 0. The van der Waals surface area contributed by atoms with E-state index in [1.807, 2.05) is 6.92 Å². The second kappa shape index (κ2) is 8.47. The normalized spacial score (nSPS) is 26.4. The molecule has 1 amide bonds. The van der Waals surface area contributed by atoms with E-state index in [1.54, 1.807) is 13.1 Å². The van der Waals surface area contributed by atoms with Crippen molar-refractivity contribution in [1.29, 1.82) is 5.26 Å². The number of aromatic nitrogens is 5. The molecule has 13 heteroatoms. The minimum Gasteiger partial charge on any atom is -0.434 e. The molecule has 2 N–H and O–H groups in total. The Hall–Kier alpha value is -4.57. The molecule has 0 saturated heterocycles. The summed E-state index contributed by atoms with van der Waals surface area (Å²) in [5.41, 5.74) is 7.39. The first-order chi connectivity index (χ1) is 19.5. The van der Waals surface area contributed by atoms with Crippen LogP contribution in [0.15, 0.2) is 36.8 Å². The number of rotatable bonds is 4. The van der Waals surface area contributed by atoms with Crippen LogP contribution in [0.4, 0.5) is 13.2 Å². The zero-order valence-corrected chi connectivity index (χ0v) is 22.0. The molecule has 208 valence electrons. The second-order valence-corrected chi connectivity index (χ2v) is 11.3. The van der Waals surface area contributed by atoms with Gasteiger partial charge in [-0.2, -0.15) is 19.1 Å². The number of nitrogens with two attached hydrogens (primary N) is 1. The van der Waals surface area contributed by atoms with Crippen LogP contribution >= 0.6 is 0 Å². The molecule has 10 nitrogen and oxygen atoms in total. The van der Waals surface area contributed by atoms with Crippen molar-refractivity contribution in [2.45, 2.75) is 50.3 Å². The van der Waals surface area contributed by atoms with Crippen molar-refractivity contribution in [1.82, 2.24) is 29.5 Å². The highest BCUT2D eigenvalue weighted by Gasteiger charge is 2.53. The van der Waals surface area contributed by atoms with Gasteiger partial charge in [-0.25, -0.2) is 23.9 Å². The van der Waals surface area contributed by atoms with E-state index in [2.05, 4.69) is 26.1 Å². The first-order valence-electron chi connectivity index (χ1n) is 13.0. The summed E-state index contributed by atoms with van der Waals surface area (Å²) in [7, 11) is 1.63. The molecule has 4 heterocycles. The van der Waals surface area contributed by atoms with Gasteiger partial charge in [-0.3, -0.25) is 4.79 Å². The standard InChI is InChI=1S/C28H23F3N8O2/c1-27(12-32)10-28(33,11-27)25-34-7-13(8-35-25)21-16(29)9-39-23(36-21)20-15-6-17(22(20)37-39)38(2)24(40)14-4-3-5-18(19(14)15)41-26(30)31/h3-5,7-9,15,17,26H,6,10-11,33H2,1-2H3. The molecule has 4 aromatic rings. The Balaban J connectivity index is 1.34. The summed E-state index contributed by atoms with van der Waals surface area (Å²) < 4.78 is 48.2. The summed E-state index contributed by atoms with van der Waals surface area (Å²) in [5.74, 6) is -1.29. The number of halogens is 3. The smallest absolute Gasteiger partial charge is 0.387 e. The van der Waals surface area contributed by atoms with Crippen LogP contribution in [0.5, 0.6) is 5.75 Å². The Morgan fingerprint density at radius 3 is 2.63 bits per heavy atom. The molecule has 1 fully saturated rings. The fraction of sp³-hybridized carbons (Fsp3) is 0.357. The quantitative estimate of drug-likeness (QED) is 0.395. The highest BCUT2D eigenvalue weighted by Crippen LogP contribution is 2.53. The van der Waals surface area contributed by atoms with Crippen LogP contribution in [-0.4, -0.2) is 49.0 Å². The number of nitriles is 1. The third-order valence-electron chi connectivity index (χ3n) is 8.45. The molecule has 0 radical (unpaired) electrons. The summed E-state index contributed by atoms with van der Waals surface area (Å²) in [5, 5.41) is 13.9. The lowest BCUT2D eigenvalue weighted by atomic mass is 9.59. The van der Waals surface area contributed by atoms with E-state index in [0.717, 1.165) is 0 Å². The molecule has 1 aliphatic heterocycles. The summed E-state index contributed by atoms with van der Waals surface area (Å²) in [6.07, 6.45) is 5.28. The van der Waals surface area contributed by atoms with E-state index in [0.29, 0.717) is 53.1 Å². The first kappa shape index (κ1) is 25.4. The predicted molar refractivity (Wildman–Crippen MR) is 137 cm³/mol. The summed E-state index contributed by atoms with van der Waals surface area (Å²) in [6, 6.07) is 6.29. The molecule has 1 aromatic carbocycles. The average molecular weight is 561 g/mol. The molecule has 3 aromatic heterocycles. The van der Waals surface area contributed by atoms with Crippen molar-refractivity contribution in [3.63, 3.8) is 0 Å². The van der Waals surface area contributed by atoms with Crippen molar-refractivity contribution < 1.29 is 22.7 Å². The third-order valence-corrected chi connectivity index (χ3v) is 8.45. The van der Waals surface area contributed by atoms with E-state index in [1.165, 1.54) is 40.1 Å².